The maximum atomic E-state index is 12.8. The minimum Gasteiger partial charge on any atom is -0.507 e. The van der Waals surface area contributed by atoms with E-state index in [1.54, 1.807) is 17.9 Å². The molecule has 0 bridgehead atoms. The lowest BCUT2D eigenvalue weighted by Crippen LogP contribution is -2.52. The predicted octanol–water partition coefficient (Wildman–Crippen LogP) is 1.92. The molecule has 1 fully saturated rings. The summed E-state index contributed by atoms with van der Waals surface area (Å²) in [6.45, 7) is 3.17. The first-order chi connectivity index (χ1) is 12.9. The van der Waals surface area contributed by atoms with Gasteiger partial charge >= 0.3 is 6.03 Å². The van der Waals surface area contributed by atoms with Gasteiger partial charge in [0.2, 0.25) is 10.0 Å². The highest BCUT2D eigenvalue weighted by molar-refractivity contribution is 7.89. The fourth-order valence-corrected chi connectivity index (χ4v) is 4.57. The Morgan fingerprint density at radius 1 is 1.07 bits per heavy atom. The summed E-state index contributed by atoms with van der Waals surface area (Å²) in [5, 5.41) is 12.8. The molecule has 1 heterocycles. The van der Waals surface area contributed by atoms with Gasteiger partial charge in [0.25, 0.3) is 0 Å². The van der Waals surface area contributed by atoms with Crippen molar-refractivity contribution in [1.29, 1.82) is 0 Å². The zero-order valence-corrected chi connectivity index (χ0v) is 15.9. The normalized spacial score (nSPS) is 15.5. The number of phenolic OH excluding ortho intramolecular Hbond substituents is 1. The Hall–Kier alpha value is -2.58. The van der Waals surface area contributed by atoms with Crippen LogP contribution >= 0.6 is 0 Å². The van der Waals surface area contributed by atoms with Gasteiger partial charge in [0, 0.05) is 32.7 Å². The van der Waals surface area contributed by atoms with Crippen LogP contribution in [0.1, 0.15) is 11.1 Å². The van der Waals surface area contributed by atoms with E-state index in [9.17, 15) is 18.3 Å². The number of carbonyl (C=O) groups excluding carboxylic acids is 1. The molecule has 3 rings (SSSR count). The molecular weight excluding hydrogens is 366 g/mol. The molecule has 0 aromatic heterocycles. The first-order valence-electron chi connectivity index (χ1n) is 8.74. The van der Waals surface area contributed by atoms with Crippen LogP contribution in [0.5, 0.6) is 5.75 Å². The average molecular weight is 389 g/mol. The van der Waals surface area contributed by atoms with Crippen LogP contribution in [0.4, 0.5) is 4.79 Å². The Morgan fingerprint density at radius 2 is 1.74 bits per heavy atom. The lowest BCUT2D eigenvalue weighted by molar-refractivity contribution is 0.172. The Bertz CT molecular complexity index is 908. The van der Waals surface area contributed by atoms with Gasteiger partial charge in [0.05, 0.1) is 0 Å². The van der Waals surface area contributed by atoms with Gasteiger partial charge in [-0.2, -0.15) is 4.31 Å². The molecule has 7 nitrogen and oxygen atoms in total. The van der Waals surface area contributed by atoms with Gasteiger partial charge in [-0.05, 0) is 30.2 Å². The van der Waals surface area contributed by atoms with Gasteiger partial charge in [-0.15, -0.1) is 0 Å². The number of benzene rings is 2. The van der Waals surface area contributed by atoms with Gasteiger partial charge in [0.1, 0.15) is 10.6 Å². The summed E-state index contributed by atoms with van der Waals surface area (Å²) < 4.78 is 26.9. The lowest BCUT2D eigenvalue weighted by atomic mass is 10.2. The number of nitrogens with zero attached hydrogens (tertiary/aromatic N) is 2. The number of aryl methyl sites for hydroxylation is 1. The summed E-state index contributed by atoms with van der Waals surface area (Å²) in [6, 6.07) is 13.9. The van der Waals surface area contributed by atoms with E-state index in [1.807, 2.05) is 30.3 Å². The van der Waals surface area contributed by atoms with E-state index < -0.39 is 10.0 Å². The van der Waals surface area contributed by atoms with Crippen LogP contribution in [0, 0.1) is 6.92 Å². The largest absolute Gasteiger partial charge is 0.507 e. The highest BCUT2D eigenvalue weighted by Gasteiger charge is 2.31. The van der Waals surface area contributed by atoms with E-state index in [1.165, 1.54) is 16.4 Å². The maximum Gasteiger partial charge on any atom is 0.317 e. The van der Waals surface area contributed by atoms with Crippen LogP contribution in [0.15, 0.2) is 53.4 Å². The van der Waals surface area contributed by atoms with Crippen LogP contribution in [0.25, 0.3) is 0 Å². The number of carbonyl (C=O) groups is 1. The molecule has 1 saturated heterocycles. The van der Waals surface area contributed by atoms with Crippen molar-refractivity contribution in [3.05, 3.63) is 59.7 Å². The summed E-state index contributed by atoms with van der Waals surface area (Å²) in [6.07, 6.45) is 0. The van der Waals surface area contributed by atoms with E-state index in [4.69, 9.17) is 0 Å². The summed E-state index contributed by atoms with van der Waals surface area (Å²) in [4.78, 5) is 13.8. The van der Waals surface area contributed by atoms with Gasteiger partial charge in [-0.3, -0.25) is 0 Å². The number of rotatable bonds is 4. The van der Waals surface area contributed by atoms with Crippen LogP contribution in [-0.2, 0) is 16.6 Å². The summed E-state index contributed by atoms with van der Waals surface area (Å²) >= 11 is 0. The molecule has 0 radical (unpaired) electrons. The summed E-state index contributed by atoms with van der Waals surface area (Å²) in [5.74, 6) is -0.261. The number of phenols is 1. The third-order valence-electron chi connectivity index (χ3n) is 4.55. The predicted molar refractivity (Wildman–Crippen MR) is 102 cm³/mol. The van der Waals surface area contributed by atoms with Gasteiger partial charge < -0.3 is 15.3 Å². The molecule has 0 unspecified atom stereocenters. The maximum absolute atomic E-state index is 12.8. The minimum atomic E-state index is -3.79. The van der Waals surface area contributed by atoms with Crippen molar-refractivity contribution < 1.29 is 18.3 Å². The smallest absolute Gasteiger partial charge is 0.317 e. The molecular formula is C19H23N3O4S. The Morgan fingerprint density at radius 3 is 2.41 bits per heavy atom. The van der Waals surface area contributed by atoms with Crippen molar-refractivity contribution in [3.8, 4) is 5.75 Å². The van der Waals surface area contributed by atoms with E-state index in [-0.39, 0.29) is 29.8 Å². The zero-order chi connectivity index (χ0) is 19.4. The number of urea groups is 1. The molecule has 0 aliphatic carbocycles. The van der Waals surface area contributed by atoms with Crippen LogP contribution in [0.2, 0.25) is 0 Å². The van der Waals surface area contributed by atoms with Gasteiger partial charge in [-0.1, -0.05) is 36.4 Å². The number of piperazine rings is 1. The highest BCUT2D eigenvalue weighted by Crippen LogP contribution is 2.27. The molecule has 1 aliphatic rings. The number of hydrogen-bond donors (Lipinski definition) is 2. The van der Waals surface area contributed by atoms with Crippen molar-refractivity contribution in [2.45, 2.75) is 18.4 Å². The zero-order valence-electron chi connectivity index (χ0n) is 15.1. The molecule has 8 heteroatoms. The quantitative estimate of drug-likeness (QED) is 0.836. The summed E-state index contributed by atoms with van der Waals surface area (Å²) in [5.41, 5.74) is 1.76. The van der Waals surface area contributed by atoms with Crippen LogP contribution < -0.4 is 5.32 Å². The summed E-state index contributed by atoms with van der Waals surface area (Å²) in [7, 11) is -3.79. The molecule has 2 N–H and O–H groups in total. The fourth-order valence-electron chi connectivity index (χ4n) is 2.98. The molecule has 0 saturated carbocycles. The third kappa shape index (κ3) is 4.40. The first kappa shape index (κ1) is 19.2. The molecule has 2 aromatic carbocycles. The van der Waals surface area contributed by atoms with Gasteiger partial charge in [0.15, 0.2) is 0 Å². The standard InChI is InChI=1S/C19H23N3O4S/c1-15-7-8-17(23)18(13-15)27(25,26)22-11-9-21(10-12-22)19(24)20-14-16-5-3-2-4-6-16/h2-8,13,23H,9-12,14H2,1H3,(H,20,24). The van der Waals surface area contributed by atoms with Crippen molar-refractivity contribution in [1.82, 2.24) is 14.5 Å². The number of nitrogens with one attached hydrogen (secondary N) is 1. The number of amides is 2. The second-order valence-corrected chi connectivity index (χ2v) is 8.41. The van der Waals surface area contributed by atoms with Crippen molar-refractivity contribution in [3.63, 3.8) is 0 Å². The Balaban J connectivity index is 1.59. The molecule has 1 aliphatic heterocycles. The first-order valence-corrected chi connectivity index (χ1v) is 10.2. The van der Waals surface area contributed by atoms with E-state index in [2.05, 4.69) is 5.32 Å². The highest BCUT2D eigenvalue weighted by atomic mass is 32.2. The number of aromatic hydroxyl groups is 1. The molecule has 0 atom stereocenters. The Labute approximate surface area is 159 Å². The van der Waals surface area contributed by atoms with E-state index >= 15 is 0 Å². The van der Waals surface area contributed by atoms with E-state index in [0.29, 0.717) is 19.6 Å². The molecule has 2 amide bonds. The van der Waals surface area contributed by atoms with E-state index in [0.717, 1.165) is 11.1 Å². The average Bonchev–Trinajstić information content (AvgIpc) is 2.68. The number of hydrogen-bond acceptors (Lipinski definition) is 4. The SMILES string of the molecule is Cc1ccc(O)c(S(=O)(=O)N2CCN(C(=O)NCc3ccccc3)CC2)c1. The third-order valence-corrected chi connectivity index (χ3v) is 6.47. The van der Waals surface area contributed by atoms with Crippen molar-refractivity contribution in [2.75, 3.05) is 26.2 Å². The molecule has 0 spiro atoms. The van der Waals surface area contributed by atoms with Crippen LogP contribution in [0.3, 0.4) is 0 Å². The van der Waals surface area contributed by atoms with Crippen LogP contribution in [-0.4, -0.2) is 54.9 Å². The van der Waals surface area contributed by atoms with Crippen molar-refractivity contribution >= 4 is 16.1 Å². The second kappa shape index (κ2) is 7.98. The second-order valence-electron chi connectivity index (χ2n) is 6.51. The minimum absolute atomic E-state index is 0.0931. The Kier molecular flexibility index (Phi) is 5.67. The molecule has 2 aromatic rings. The molecule has 27 heavy (non-hydrogen) atoms. The fraction of sp³-hybridized carbons (Fsp3) is 0.316. The monoisotopic (exact) mass is 389 g/mol. The van der Waals surface area contributed by atoms with Crippen molar-refractivity contribution in [2.24, 2.45) is 0 Å². The lowest BCUT2D eigenvalue weighted by Gasteiger charge is -2.34. The number of sulfonamides is 1. The molecule has 144 valence electrons. The topological polar surface area (TPSA) is 90.0 Å². The van der Waals surface area contributed by atoms with Gasteiger partial charge in [-0.25, -0.2) is 13.2 Å².